The van der Waals surface area contributed by atoms with Gasteiger partial charge in [0, 0.05) is 26.4 Å². The van der Waals surface area contributed by atoms with Crippen LogP contribution in [0.2, 0.25) is 0 Å². The standard InChI is InChI=1S/C24H37NO2/c1-25(2)24(27)14-7-6-11-19-15-20-17-23(26)21(22(20)16-19)13-8-12-18-9-4-3-5-10-18/h8,12-13,15,20-23,26H,3-7,9-11,14,16-17H2,1-2H3/t20-,21+,22-,23+/m0/s1. The Labute approximate surface area is 165 Å². The minimum Gasteiger partial charge on any atom is -0.392 e. The van der Waals surface area contributed by atoms with Crippen LogP contribution in [-0.2, 0) is 4.79 Å². The first-order valence-electron chi connectivity index (χ1n) is 11.0. The number of unbranched alkanes of at least 4 members (excludes halogenated alkanes) is 1. The second kappa shape index (κ2) is 9.73. The van der Waals surface area contributed by atoms with Crippen molar-refractivity contribution in [1.29, 1.82) is 0 Å². The number of aliphatic hydroxyl groups excluding tert-OH is 1. The van der Waals surface area contributed by atoms with Gasteiger partial charge in [-0.2, -0.15) is 0 Å². The van der Waals surface area contributed by atoms with Gasteiger partial charge in [0.2, 0.25) is 5.91 Å². The molecule has 3 rings (SSSR count). The lowest BCUT2D eigenvalue weighted by Gasteiger charge is -2.18. The summed E-state index contributed by atoms with van der Waals surface area (Å²) in [5, 5.41) is 10.5. The zero-order valence-corrected chi connectivity index (χ0v) is 17.2. The molecule has 3 aliphatic carbocycles. The molecular formula is C24H37NO2. The molecule has 27 heavy (non-hydrogen) atoms. The minimum atomic E-state index is -0.184. The fourth-order valence-corrected chi connectivity index (χ4v) is 5.13. The Hall–Kier alpha value is -1.35. The lowest BCUT2D eigenvalue weighted by atomic mass is 9.88. The van der Waals surface area contributed by atoms with Crippen molar-refractivity contribution >= 4 is 5.91 Å². The number of carbonyl (C=O) groups excluding carboxylic acids is 1. The van der Waals surface area contributed by atoms with E-state index in [9.17, 15) is 9.90 Å². The molecule has 0 heterocycles. The van der Waals surface area contributed by atoms with Crippen molar-refractivity contribution in [3.05, 3.63) is 35.5 Å². The molecule has 0 saturated heterocycles. The summed E-state index contributed by atoms with van der Waals surface area (Å²) in [5.74, 6) is 1.67. The summed E-state index contributed by atoms with van der Waals surface area (Å²) >= 11 is 0. The van der Waals surface area contributed by atoms with Crippen molar-refractivity contribution in [3.8, 4) is 0 Å². The molecule has 0 unspecified atom stereocenters. The molecule has 0 spiro atoms. The number of hydrogen-bond donors (Lipinski definition) is 1. The number of rotatable bonds is 7. The van der Waals surface area contributed by atoms with Crippen LogP contribution >= 0.6 is 0 Å². The van der Waals surface area contributed by atoms with Gasteiger partial charge in [-0.15, -0.1) is 0 Å². The maximum atomic E-state index is 11.7. The van der Waals surface area contributed by atoms with Gasteiger partial charge in [-0.1, -0.05) is 41.9 Å². The summed E-state index contributed by atoms with van der Waals surface area (Å²) in [7, 11) is 3.65. The molecular weight excluding hydrogens is 334 g/mol. The Morgan fingerprint density at radius 2 is 2.00 bits per heavy atom. The second-order valence-corrected chi connectivity index (χ2v) is 9.00. The Bertz CT molecular complexity index is 594. The summed E-state index contributed by atoms with van der Waals surface area (Å²) in [6.07, 6.45) is 21.5. The highest BCUT2D eigenvalue weighted by atomic mass is 16.3. The van der Waals surface area contributed by atoms with Crippen molar-refractivity contribution in [2.75, 3.05) is 14.1 Å². The molecule has 0 aromatic heterocycles. The van der Waals surface area contributed by atoms with Gasteiger partial charge >= 0.3 is 0 Å². The van der Waals surface area contributed by atoms with E-state index in [1.807, 2.05) is 14.1 Å². The quantitative estimate of drug-likeness (QED) is 0.504. The summed E-state index contributed by atoms with van der Waals surface area (Å²) in [4.78, 5) is 13.3. The third-order valence-electron chi connectivity index (χ3n) is 6.75. The van der Waals surface area contributed by atoms with E-state index in [-0.39, 0.29) is 12.0 Å². The molecule has 150 valence electrons. The van der Waals surface area contributed by atoms with E-state index in [1.54, 1.807) is 16.0 Å². The average molecular weight is 372 g/mol. The van der Waals surface area contributed by atoms with Crippen molar-refractivity contribution in [1.82, 2.24) is 4.90 Å². The van der Waals surface area contributed by atoms with Crippen molar-refractivity contribution in [3.63, 3.8) is 0 Å². The molecule has 0 aromatic rings. The monoisotopic (exact) mass is 371 g/mol. The fourth-order valence-electron chi connectivity index (χ4n) is 5.13. The number of nitrogens with zero attached hydrogens (tertiary/aromatic N) is 1. The Morgan fingerprint density at radius 1 is 1.22 bits per heavy atom. The SMILES string of the molecule is CN(C)C(=O)CCCCC1=C[C@H]2C[C@@H](O)[C@H](C=CC=C3CCCCC3)[C@H]2C1. The van der Waals surface area contributed by atoms with Crippen LogP contribution in [0.3, 0.4) is 0 Å². The van der Waals surface area contributed by atoms with Crippen LogP contribution in [0.25, 0.3) is 0 Å². The molecule has 1 amide bonds. The topological polar surface area (TPSA) is 40.5 Å². The first-order valence-corrected chi connectivity index (χ1v) is 11.0. The average Bonchev–Trinajstić information content (AvgIpc) is 3.17. The van der Waals surface area contributed by atoms with Crippen LogP contribution < -0.4 is 0 Å². The highest BCUT2D eigenvalue weighted by molar-refractivity contribution is 5.75. The zero-order chi connectivity index (χ0) is 19.2. The normalized spacial score (nSPS) is 30.5. The van der Waals surface area contributed by atoms with Crippen LogP contribution in [0, 0.1) is 17.8 Å². The largest absolute Gasteiger partial charge is 0.392 e. The summed E-state index contributed by atoms with van der Waals surface area (Å²) < 4.78 is 0. The molecule has 1 N–H and O–H groups in total. The van der Waals surface area contributed by atoms with Gasteiger partial charge in [0.05, 0.1) is 6.10 Å². The molecule has 2 fully saturated rings. The third-order valence-corrected chi connectivity index (χ3v) is 6.75. The van der Waals surface area contributed by atoms with E-state index in [0.717, 1.165) is 32.1 Å². The van der Waals surface area contributed by atoms with Crippen LogP contribution in [0.15, 0.2) is 35.5 Å². The highest BCUT2D eigenvalue weighted by Gasteiger charge is 2.43. The molecule has 3 heteroatoms. The van der Waals surface area contributed by atoms with Gasteiger partial charge in [0.15, 0.2) is 0 Å². The van der Waals surface area contributed by atoms with E-state index >= 15 is 0 Å². The maximum absolute atomic E-state index is 11.7. The van der Waals surface area contributed by atoms with Crippen molar-refractivity contribution in [2.45, 2.75) is 76.7 Å². The molecule has 0 aromatic carbocycles. The predicted molar refractivity (Wildman–Crippen MR) is 111 cm³/mol. The number of fused-ring (bicyclic) bond motifs is 1. The number of aliphatic hydroxyl groups is 1. The molecule has 3 nitrogen and oxygen atoms in total. The predicted octanol–water partition coefficient (Wildman–Crippen LogP) is 5.03. The molecule has 2 saturated carbocycles. The minimum absolute atomic E-state index is 0.184. The van der Waals surface area contributed by atoms with Gasteiger partial charge in [-0.05, 0) is 69.6 Å². The Balaban J connectivity index is 1.45. The first kappa shape index (κ1) is 20.4. The van der Waals surface area contributed by atoms with Crippen molar-refractivity contribution < 1.29 is 9.90 Å². The fraction of sp³-hybridized carbons (Fsp3) is 0.708. The number of amides is 1. The number of hydrogen-bond acceptors (Lipinski definition) is 2. The van der Waals surface area contributed by atoms with Crippen LogP contribution in [-0.4, -0.2) is 36.1 Å². The molecule has 0 bridgehead atoms. The van der Waals surface area contributed by atoms with Gasteiger partial charge in [-0.25, -0.2) is 0 Å². The van der Waals surface area contributed by atoms with Crippen LogP contribution in [0.1, 0.15) is 70.6 Å². The van der Waals surface area contributed by atoms with E-state index < -0.39 is 0 Å². The van der Waals surface area contributed by atoms with Gasteiger partial charge in [0.1, 0.15) is 0 Å². The van der Waals surface area contributed by atoms with E-state index in [0.29, 0.717) is 24.2 Å². The Morgan fingerprint density at radius 3 is 2.74 bits per heavy atom. The lowest BCUT2D eigenvalue weighted by Crippen LogP contribution is -2.21. The zero-order valence-electron chi connectivity index (χ0n) is 17.2. The van der Waals surface area contributed by atoms with Gasteiger partial charge in [0.25, 0.3) is 0 Å². The third kappa shape index (κ3) is 5.57. The van der Waals surface area contributed by atoms with Crippen LogP contribution in [0.5, 0.6) is 0 Å². The molecule has 4 atom stereocenters. The smallest absolute Gasteiger partial charge is 0.222 e. The van der Waals surface area contributed by atoms with Gasteiger partial charge in [-0.3, -0.25) is 4.79 Å². The van der Waals surface area contributed by atoms with Crippen LogP contribution in [0.4, 0.5) is 0 Å². The van der Waals surface area contributed by atoms with Gasteiger partial charge < -0.3 is 10.0 Å². The number of allylic oxidation sites excluding steroid dienone is 5. The van der Waals surface area contributed by atoms with E-state index in [2.05, 4.69) is 24.3 Å². The Kier molecular flexibility index (Phi) is 7.34. The van der Waals surface area contributed by atoms with E-state index in [4.69, 9.17) is 0 Å². The molecule has 0 radical (unpaired) electrons. The highest BCUT2D eigenvalue weighted by Crippen LogP contribution is 2.48. The summed E-state index contributed by atoms with van der Waals surface area (Å²) in [6.45, 7) is 0. The summed E-state index contributed by atoms with van der Waals surface area (Å²) in [5.41, 5.74) is 3.14. The molecule has 3 aliphatic rings. The molecule has 0 aliphatic heterocycles. The second-order valence-electron chi connectivity index (χ2n) is 9.00. The summed E-state index contributed by atoms with van der Waals surface area (Å²) in [6, 6.07) is 0. The number of carbonyl (C=O) groups is 1. The first-order chi connectivity index (χ1) is 13.0. The van der Waals surface area contributed by atoms with E-state index in [1.165, 1.54) is 32.1 Å². The van der Waals surface area contributed by atoms with Crippen molar-refractivity contribution in [2.24, 2.45) is 17.8 Å². The lowest BCUT2D eigenvalue weighted by molar-refractivity contribution is -0.128. The maximum Gasteiger partial charge on any atom is 0.222 e.